The van der Waals surface area contributed by atoms with Crippen molar-refractivity contribution >= 4 is 29.0 Å². The molecule has 3 nitrogen and oxygen atoms in total. The van der Waals surface area contributed by atoms with Crippen LogP contribution in [-0.4, -0.2) is 11.7 Å². The highest BCUT2D eigenvalue weighted by atomic mass is 35.5. The van der Waals surface area contributed by atoms with Gasteiger partial charge >= 0.3 is 0 Å². The predicted molar refractivity (Wildman–Crippen MR) is 82.9 cm³/mol. The maximum Gasteiger partial charge on any atom is 0.299 e. The third-order valence-corrected chi connectivity index (χ3v) is 4.18. The van der Waals surface area contributed by atoms with Crippen LogP contribution in [0.2, 0.25) is 5.02 Å². The summed E-state index contributed by atoms with van der Waals surface area (Å²) in [5.41, 5.74) is 4.26. The molecule has 1 heterocycles. The number of benzene rings is 2. The number of hydrogen-bond donors (Lipinski definition) is 0. The fourth-order valence-corrected chi connectivity index (χ4v) is 2.80. The Hall–Kier alpha value is -2.13. The maximum atomic E-state index is 12.2. The molecule has 0 saturated carbocycles. The molecule has 3 rings (SSSR count). The molecule has 0 saturated heterocycles. The average Bonchev–Trinajstić information content (AvgIpc) is 2.69. The second kappa shape index (κ2) is 5.01. The van der Waals surface area contributed by atoms with Gasteiger partial charge < -0.3 is 4.90 Å². The third kappa shape index (κ3) is 2.24. The van der Waals surface area contributed by atoms with Crippen LogP contribution in [0.25, 0.3) is 0 Å². The number of aryl methyl sites for hydroxylation is 2. The lowest BCUT2D eigenvalue weighted by Crippen LogP contribution is -2.29. The molecule has 1 aliphatic heterocycles. The van der Waals surface area contributed by atoms with Crippen LogP contribution in [0, 0.1) is 13.8 Å². The zero-order valence-corrected chi connectivity index (χ0v) is 12.6. The van der Waals surface area contributed by atoms with Crippen molar-refractivity contribution in [3.63, 3.8) is 0 Å². The molecule has 2 aromatic rings. The van der Waals surface area contributed by atoms with E-state index in [9.17, 15) is 9.59 Å². The zero-order chi connectivity index (χ0) is 15.1. The first-order valence-electron chi connectivity index (χ1n) is 6.70. The van der Waals surface area contributed by atoms with Gasteiger partial charge in [0.15, 0.2) is 0 Å². The quantitative estimate of drug-likeness (QED) is 0.793. The molecule has 1 aliphatic rings. The minimum absolute atomic E-state index is 0.313. The highest BCUT2D eigenvalue weighted by Gasteiger charge is 2.37. The van der Waals surface area contributed by atoms with Gasteiger partial charge in [0.05, 0.1) is 22.8 Å². The van der Waals surface area contributed by atoms with Crippen molar-refractivity contribution in [3.05, 3.63) is 63.7 Å². The summed E-state index contributed by atoms with van der Waals surface area (Å²) in [6.07, 6.45) is 0. The third-order valence-electron chi connectivity index (χ3n) is 3.86. The van der Waals surface area contributed by atoms with Gasteiger partial charge in [-0.15, -0.1) is 0 Å². The Bertz CT molecular complexity index is 767. The van der Waals surface area contributed by atoms with Crippen LogP contribution >= 0.6 is 11.6 Å². The van der Waals surface area contributed by atoms with E-state index in [2.05, 4.69) is 0 Å². The molecular weight excluding hydrogens is 286 g/mol. The number of rotatable bonds is 2. The van der Waals surface area contributed by atoms with Gasteiger partial charge in [0.25, 0.3) is 11.7 Å². The average molecular weight is 300 g/mol. The smallest absolute Gasteiger partial charge is 0.299 e. The van der Waals surface area contributed by atoms with Crippen molar-refractivity contribution in [2.24, 2.45) is 0 Å². The summed E-state index contributed by atoms with van der Waals surface area (Å²) in [7, 11) is 0. The summed E-state index contributed by atoms with van der Waals surface area (Å²) >= 11 is 6.04. The summed E-state index contributed by atoms with van der Waals surface area (Å²) < 4.78 is 0. The van der Waals surface area contributed by atoms with Crippen LogP contribution in [0.4, 0.5) is 5.69 Å². The topological polar surface area (TPSA) is 37.4 Å². The van der Waals surface area contributed by atoms with E-state index < -0.39 is 11.7 Å². The van der Waals surface area contributed by atoms with Crippen molar-refractivity contribution < 1.29 is 9.59 Å². The van der Waals surface area contributed by atoms with Gasteiger partial charge in [0, 0.05) is 0 Å². The van der Waals surface area contributed by atoms with E-state index in [1.165, 1.54) is 10.5 Å². The fourth-order valence-electron chi connectivity index (χ4n) is 2.54. The number of ketones is 1. The van der Waals surface area contributed by atoms with Crippen LogP contribution in [-0.2, 0) is 11.3 Å². The summed E-state index contributed by atoms with van der Waals surface area (Å²) in [6, 6.07) is 11.2. The lowest BCUT2D eigenvalue weighted by Gasteiger charge is -2.17. The maximum absolute atomic E-state index is 12.2. The molecule has 0 radical (unpaired) electrons. The highest BCUT2D eigenvalue weighted by molar-refractivity contribution is 6.55. The van der Waals surface area contributed by atoms with Gasteiger partial charge in [-0.25, -0.2) is 0 Å². The molecule has 0 bridgehead atoms. The molecule has 0 spiro atoms. The van der Waals surface area contributed by atoms with Crippen molar-refractivity contribution in [1.29, 1.82) is 0 Å². The lowest BCUT2D eigenvalue weighted by atomic mass is 10.1. The van der Waals surface area contributed by atoms with Crippen LogP contribution in [0.3, 0.4) is 0 Å². The first kappa shape index (κ1) is 13.8. The lowest BCUT2D eigenvalue weighted by molar-refractivity contribution is -0.114. The Kier molecular flexibility index (Phi) is 3.30. The number of amides is 1. The number of fused-ring (bicyclic) bond motifs is 1. The highest BCUT2D eigenvalue weighted by Crippen LogP contribution is 2.35. The molecule has 106 valence electrons. The second-order valence-electron chi connectivity index (χ2n) is 5.27. The number of halogens is 1. The Morgan fingerprint density at radius 2 is 1.81 bits per heavy atom. The van der Waals surface area contributed by atoms with Crippen LogP contribution in [0.1, 0.15) is 27.0 Å². The van der Waals surface area contributed by atoms with E-state index in [0.29, 0.717) is 22.8 Å². The largest absolute Gasteiger partial charge is 0.300 e. The van der Waals surface area contributed by atoms with Crippen molar-refractivity contribution in [3.8, 4) is 0 Å². The monoisotopic (exact) mass is 299 g/mol. The van der Waals surface area contributed by atoms with E-state index in [1.54, 1.807) is 18.2 Å². The number of Topliss-reactive ketones (excluding diaryl/α,β-unsaturated/α-hetero) is 1. The van der Waals surface area contributed by atoms with Gasteiger partial charge in [-0.2, -0.15) is 0 Å². The molecule has 2 aromatic carbocycles. The first-order valence-corrected chi connectivity index (χ1v) is 7.07. The summed E-state index contributed by atoms with van der Waals surface area (Å²) in [5, 5.41) is 0.327. The van der Waals surface area contributed by atoms with Gasteiger partial charge in [0.2, 0.25) is 0 Å². The number of carbonyl (C=O) groups is 2. The second-order valence-corrected chi connectivity index (χ2v) is 5.68. The van der Waals surface area contributed by atoms with E-state index in [4.69, 9.17) is 11.6 Å². The molecule has 21 heavy (non-hydrogen) atoms. The molecule has 0 atom stereocenters. The molecular formula is C17H14ClNO2. The predicted octanol–water partition coefficient (Wildman–Crippen LogP) is 3.69. The summed E-state index contributed by atoms with van der Waals surface area (Å²) in [4.78, 5) is 25.7. The molecule has 0 aliphatic carbocycles. The Morgan fingerprint density at radius 1 is 1.05 bits per heavy atom. The van der Waals surface area contributed by atoms with Crippen molar-refractivity contribution in [2.45, 2.75) is 20.4 Å². The minimum Gasteiger partial charge on any atom is -0.300 e. The Balaban J connectivity index is 2.00. The number of carbonyl (C=O) groups excluding carboxylic acids is 2. The van der Waals surface area contributed by atoms with Crippen LogP contribution in [0.5, 0.6) is 0 Å². The van der Waals surface area contributed by atoms with Crippen LogP contribution < -0.4 is 4.90 Å². The summed E-state index contributed by atoms with van der Waals surface area (Å²) in [5.74, 6) is -1.05. The van der Waals surface area contributed by atoms with E-state index in [0.717, 1.165) is 11.1 Å². The van der Waals surface area contributed by atoms with E-state index in [-0.39, 0.29) is 0 Å². The molecule has 0 unspecified atom stereocenters. The SMILES string of the molecule is Cc1ccc(CN2C(=O)C(=O)c3c(Cl)cccc32)cc1C. The van der Waals surface area contributed by atoms with Crippen molar-refractivity contribution in [2.75, 3.05) is 4.90 Å². The first-order chi connectivity index (χ1) is 9.99. The Labute approximate surface area is 128 Å². The zero-order valence-electron chi connectivity index (χ0n) is 11.8. The van der Waals surface area contributed by atoms with Gasteiger partial charge in [-0.05, 0) is 42.7 Å². The molecule has 0 aromatic heterocycles. The fraction of sp³-hybridized carbons (Fsp3) is 0.176. The normalized spacial score (nSPS) is 13.8. The van der Waals surface area contributed by atoms with Crippen LogP contribution in [0.15, 0.2) is 36.4 Å². The van der Waals surface area contributed by atoms with E-state index >= 15 is 0 Å². The number of hydrogen-bond acceptors (Lipinski definition) is 2. The molecule has 4 heteroatoms. The molecule has 1 amide bonds. The summed E-state index contributed by atoms with van der Waals surface area (Å²) in [6.45, 7) is 4.44. The Morgan fingerprint density at radius 3 is 2.52 bits per heavy atom. The minimum atomic E-state index is -0.528. The van der Waals surface area contributed by atoms with Gasteiger partial charge in [-0.3, -0.25) is 9.59 Å². The van der Waals surface area contributed by atoms with Crippen molar-refractivity contribution in [1.82, 2.24) is 0 Å². The number of nitrogens with zero attached hydrogens (tertiary/aromatic N) is 1. The molecule has 0 N–H and O–H groups in total. The van der Waals surface area contributed by atoms with Gasteiger partial charge in [0.1, 0.15) is 0 Å². The number of anilines is 1. The van der Waals surface area contributed by atoms with Gasteiger partial charge in [-0.1, -0.05) is 35.9 Å². The standard InChI is InChI=1S/C17H14ClNO2/c1-10-6-7-12(8-11(10)2)9-19-14-5-3-4-13(18)15(14)16(20)17(19)21/h3-8H,9H2,1-2H3. The van der Waals surface area contributed by atoms with E-state index in [1.807, 2.05) is 32.0 Å². The molecule has 0 fully saturated rings.